The molecular formula is C10H18OS. The summed E-state index contributed by atoms with van der Waals surface area (Å²) in [5, 5.41) is 0.722. The van der Waals surface area contributed by atoms with Gasteiger partial charge in [0.15, 0.2) is 0 Å². The van der Waals surface area contributed by atoms with Crippen LogP contribution in [0.4, 0.5) is 0 Å². The number of aldehydes is 1. The Bertz CT molecular complexity index is 160. The first-order valence-corrected chi connectivity index (χ1v) is 5.52. The summed E-state index contributed by atoms with van der Waals surface area (Å²) >= 11 is 2.02. The predicted octanol–water partition coefficient (Wildman–Crippen LogP) is 2.89. The third kappa shape index (κ3) is 3.18. The van der Waals surface area contributed by atoms with E-state index < -0.39 is 0 Å². The highest BCUT2D eigenvalue weighted by atomic mass is 32.2. The Labute approximate surface area is 79.3 Å². The fourth-order valence-electron chi connectivity index (χ4n) is 1.70. The molecule has 70 valence electrons. The van der Waals surface area contributed by atoms with Crippen LogP contribution in [0.1, 0.15) is 40.0 Å². The normalized spacial score (nSPS) is 30.6. The molecule has 1 fully saturated rings. The lowest BCUT2D eigenvalue weighted by atomic mass is 10.1. The number of hydrogen-bond acceptors (Lipinski definition) is 2. The van der Waals surface area contributed by atoms with E-state index in [0.29, 0.717) is 10.7 Å². The van der Waals surface area contributed by atoms with Gasteiger partial charge in [-0.15, -0.1) is 0 Å². The minimum Gasteiger partial charge on any atom is -0.303 e. The van der Waals surface area contributed by atoms with Crippen molar-refractivity contribution in [2.45, 2.75) is 50.0 Å². The van der Waals surface area contributed by atoms with Crippen molar-refractivity contribution in [3.63, 3.8) is 0 Å². The SMILES string of the molecule is CC(C)(C)S[C@@H]1CC[C@H](C=O)C1. The molecule has 0 radical (unpaired) electrons. The van der Waals surface area contributed by atoms with E-state index in [2.05, 4.69) is 20.8 Å². The summed E-state index contributed by atoms with van der Waals surface area (Å²) in [5.41, 5.74) is 0. The maximum Gasteiger partial charge on any atom is 0.123 e. The Morgan fingerprint density at radius 1 is 1.33 bits per heavy atom. The molecule has 1 aliphatic carbocycles. The molecular weight excluding hydrogens is 168 g/mol. The standard InChI is InChI=1S/C10H18OS/c1-10(2,3)12-9-5-4-8(6-9)7-11/h7-9H,4-6H2,1-3H3/t8-,9+/m0/s1. The molecule has 0 heterocycles. The van der Waals surface area contributed by atoms with Gasteiger partial charge in [0.1, 0.15) is 6.29 Å². The Morgan fingerprint density at radius 3 is 2.42 bits per heavy atom. The average molecular weight is 186 g/mol. The van der Waals surface area contributed by atoms with Gasteiger partial charge in [-0.1, -0.05) is 20.8 Å². The van der Waals surface area contributed by atoms with Crippen molar-refractivity contribution in [3.05, 3.63) is 0 Å². The topological polar surface area (TPSA) is 17.1 Å². The Morgan fingerprint density at radius 2 is 2.00 bits per heavy atom. The van der Waals surface area contributed by atoms with Crippen molar-refractivity contribution in [1.29, 1.82) is 0 Å². The molecule has 2 atom stereocenters. The average Bonchev–Trinajstić information content (AvgIpc) is 2.32. The van der Waals surface area contributed by atoms with Crippen LogP contribution in [0.25, 0.3) is 0 Å². The van der Waals surface area contributed by atoms with Gasteiger partial charge in [0.2, 0.25) is 0 Å². The molecule has 0 aromatic heterocycles. The van der Waals surface area contributed by atoms with Crippen molar-refractivity contribution in [2.24, 2.45) is 5.92 Å². The van der Waals surface area contributed by atoms with Crippen molar-refractivity contribution in [2.75, 3.05) is 0 Å². The molecule has 12 heavy (non-hydrogen) atoms. The lowest BCUT2D eigenvalue weighted by Crippen LogP contribution is -2.13. The van der Waals surface area contributed by atoms with Gasteiger partial charge in [0.25, 0.3) is 0 Å². The van der Waals surface area contributed by atoms with E-state index in [1.165, 1.54) is 6.42 Å². The molecule has 1 aliphatic rings. The fraction of sp³-hybridized carbons (Fsp3) is 0.900. The van der Waals surface area contributed by atoms with Crippen LogP contribution < -0.4 is 0 Å². The molecule has 0 amide bonds. The zero-order valence-electron chi connectivity index (χ0n) is 8.17. The molecule has 0 bridgehead atoms. The summed E-state index contributed by atoms with van der Waals surface area (Å²) in [7, 11) is 0. The van der Waals surface area contributed by atoms with Crippen LogP contribution in [-0.4, -0.2) is 16.3 Å². The molecule has 0 unspecified atom stereocenters. The van der Waals surface area contributed by atoms with E-state index in [0.717, 1.165) is 24.4 Å². The molecule has 0 aromatic carbocycles. The van der Waals surface area contributed by atoms with Crippen molar-refractivity contribution < 1.29 is 4.79 Å². The van der Waals surface area contributed by atoms with Crippen molar-refractivity contribution in [1.82, 2.24) is 0 Å². The molecule has 1 nitrogen and oxygen atoms in total. The van der Waals surface area contributed by atoms with Crippen LogP contribution in [0.5, 0.6) is 0 Å². The van der Waals surface area contributed by atoms with Gasteiger partial charge in [-0.25, -0.2) is 0 Å². The highest BCUT2D eigenvalue weighted by molar-refractivity contribution is 8.01. The first-order chi connectivity index (χ1) is 5.51. The van der Waals surface area contributed by atoms with E-state index in [1.54, 1.807) is 0 Å². The minimum atomic E-state index is 0.350. The third-order valence-electron chi connectivity index (χ3n) is 2.14. The molecule has 2 heteroatoms. The van der Waals surface area contributed by atoms with Gasteiger partial charge in [0.05, 0.1) is 0 Å². The van der Waals surface area contributed by atoms with Crippen LogP contribution in [0.15, 0.2) is 0 Å². The number of carbonyl (C=O) groups is 1. The van der Waals surface area contributed by atoms with Crippen LogP contribution in [0.2, 0.25) is 0 Å². The Kier molecular flexibility index (Phi) is 3.22. The molecule has 1 saturated carbocycles. The number of hydrogen-bond donors (Lipinski definition) is 0. The van der Waals surface area contributed by atoms with Crippen LogP contribution >= 0.6 is 11.8 Å². The first kappa shape index (κ1) is 10.1. The molecule has 0 aliphatic heterocycles. The molecule has 0 N–H and O–H groups in total. The Hall–Kier alpha value is 0.0200. The second kappa shape index (κ2) is 3.82. The summed E-state index contributed by atoms with van der Waals surface area (Å²) in [5.74, 6) is 0.352. The zero-order valence-corrected chi connectivity index (χ0v) is 8.99. The quantitative estimate of drug-likeness (QED) is 0.617. The number of carbonyl (C=O) groups excluding carboxylic acids is 1. The smallest absolute Gasteiger partial charge is 0.123 e. The van der Waals surface area contributed by atoms with Gasteiger partial charge in [0, 0.05) is 15.9 Å². The van der Waals surface area contributed by atoms with Gasteiger partial charge in [-0.05, 0) is 19.3 Å². The van der Waals surface area contributed by atoms with E-state index in [1.807, 2.05) is 11.8 Å². The van der Waals surface area contributed by atoms with E-state index >= 15 is 0 Å². The third-order valence-corrected chi connectivity index (χ3v) is 3.61. The molecule has 0 saturated heterocycles. The lowest BCUT2D eigenvalue weighted by molar-refractivity contribution is -0.110. The summed E-state index contributed by atoms with van der Waals surface area (Å²) in [6.45, 7) is 6.73. The maximum atomic E-state index is 10.5. The summed E-state index contributed by atoms with van der Waals surface area (Å²) in [6.07, 6.45) is 4.57. The van der Waals surface area contributed by atoms with Crippen LogP contribution in [-0.2, 0) is 4.79 Å². The molecule has 0 aromatic rings. The molecule has 1 rings (SSSR count). The van der Waals surface area contributed by atoms with Gasteiger partial charge in [-0.2, -0.15) is 11.8 Å². The van der Waals surface area contributed by atoms with E-state index in [4.69, 9.17) is 0 Å². The number of rotatable bonds is 2. The largest absolute Gasteiger partial charge is 0.303 e. The van der Waals surface area contributed by atoms with Crippen LogP contribution in [0.3, 0.4) is 0 Å². The second-order valence-electron chi connectivity index (χ2n) is 4.56. The van der Waals surface area contributed by atoms with Gasteiger partial charge in [-0.3, -0.25) is 0 Å². The highest BCUT2D eigenvalue weighted by Gasteiger charge is 2.27. The Balaban J connectivity index is 2.33. The van der Waals surface area contributed by atoms with Gasteiger partial charge >= 0.3 is 0 Å². The summed E-state index contributed by atoms with van der Waals surface area (Å²) in [4.78, 5) is 10.5. The predicted molar refractivity (Wildman–Crippen MR) is 54.5 cm³/mol. The second-order valence-corrected chi connectivity index (χ2v) is 6.69. The van der Waals surface area contributed by atoms with Crippen molar-refractivity contribution >= 4 is 18.0 Å². The van der Waals surface area contributed by atoms with Crippen LogP contribution in [0, 0.1) is 5.92 Å². The summed E-state index contributed by atoms with van der Waals surface area (Å²) < 4.78 is 0.350. The van der Waals surface area contributed by atoms with E-state index in [-0.39, 0.29) is 0 Å². The highest BCUT2D eigenvalue weighted by Crippen LogP contribution is 2.39. The first-order valence-electron chi connectivity index (χ1n) is 4.64. The summed E-state index contributed by atoms with van der Waals surface area (Å²) in [6, 6.07) is 0. The lowest BCUT2D eigenvalue weighted by Gasteiger charge is -2.22. The monoisotopic (exact) mass is 186 g/mol. The van der Waals surface area contributed by atoms with Gasteiger partial charge < -0.3 is 4.79 Å². The van der Waals surface area contributed by atoms with E-state index in [9.17, 15) is 4.79 Å². The minimum absolute atomic E-state index is 0.350. The maximum absolute atomic E-state index is 10.5. The number of thioether (sulfide) groups is 1. The fourth-order valence-corrected chi connectivity index (χ4v) is 3.30. The molecule has 0 spiro atoms. The van der Waals surface area contributed by atoms with Crippen molar-refractivity contribution in [3.8, 4) is 0 Å². The zero-order chi connectivity index (χ0) is 9.19.